The Morgan fingerprint density at radius 3 is 2.24 bits per heavy atom. The lowest BCUT2D eigenvalue weighted by Crippen LogP contribution is -2.29. The number of nitrogens with zero attached hydrogens (tertiary/aromatic N) is 3. The number of terminal acetylenes is 1. The van der Waals surface area contributed by atoms with E-state index in [1.807, 2.05) is 58.2 Å². The summed E-state index contributed by atoms with van der Waals surface area (Å²) in [6.07, 6.45) is 19.3. The fraction of sp³-hybridized carbons (Fsp3) is 0.372. The number of ether oxygens (including phenoxy) is 2. The van der Waals surface area contributed by atoms with Gasteiger partial charge in [-0.25, -0.2) is 9.78 Å². The van der Waals surface area contributed by atoms with Gasteiger partial charge in [-0.2, -0.15) is 0 Å². The first-order valence-electron chi connectivity index (χ1n) is 17.6. The van der Waals surface area contributed by atoms with Crippen molar-refractivity contribution in [2.24, 2.45) is 0 Å². The second-order valence-corrected chi connectivity index (χ2v) is 11.7. The van der Waals surface area contributed by atoms with Gasteiger partial charge in [0.15, 0.2) is 0 Å². The van der Waals surface area contributed by atoms with Crippen LogP contribution in [0.15, 0.2) is 91.3 Å². The Labute approximate surface area is 300 Å². The molecule has 1 fully saturated rings. The van der Waals surface area contributed by atoms with Crippen LogP contribution < -0.4 is 4.74 Å². The van der Waals surface area contributed by atoms with Crippen molar-refractivity contribution in [3.05, 3.63) is 119 Å². The fourth-order valence-electron chi connectivity index (χ4n) is 5.10. The van der Waals surface area contributed by atoms with E-state index in [9.17, 15) is 4.79 Å². The Morgan fingerprint density at radius 1 is 0.980 bits per heavy atom. The Bertz CT molecular complexity index is 1590. The van der Waals surface area contributed by atoms with Crippen molar-refractivity contribution >= 4 is 11.5 Å². The van der Waals surface area contributed by atoms with Gasteiger partial charge in [0, 0.05) is 38.2 Å². The maximum absolute atomic E-state index is 10.5. The molecule has 2 aliphatic heterocycles. The summed E-state index contributed by atoms with van der Waals surface area (Å²) in [5, 5.41) is 8.60. The Morgan fingerprint density at radius 2 is 1.72 bits per heavy atom. The Balaban J connectivity index is 0.000000337. The highest BCUT2D eigenvalue weighted by Gasteiger charge is 2.14. The van der Waals surface area contributed by atoms with Gasteiger partial charge in [-0.1, -0.05) is 76.2 Å². The van der Waals surface area contributed by atoms with Gasteiger partial charge in [0.1, 0.15) is 6.61 Å². The van der Waals surface area contributed by atoms with E-state index < -0.39 is 5.97 Å². The summed E-state index contributed by atoms with van der Waals surface area (Å²) < 4.78 is 11.0. The molecule has 0 aliphatic carbocycles. The molecule has 50 heavy (non-hydrogen) atoms. The molecule has 0 amide bonds. The number of aromatic nitrogens is 2. The van der Waals surface area contributed by atoms with E-state index in [4.69, 9.17) is 19.6 Å². The number of carboxylic acids is 1. The van der Waals surface area contributed by atoms with E-state index in [1.165, 1.54) is 31.4 Å². The molecule has 0 saturated carbocycles. The van der Waals surface area contributed by atoms with Crippen LogP contribution in [0.2, 0.25) is 0 Å². The molecule has 0 radical (unpaired) electrons. The molecule has 2 aromatic heterocycles. The minimum absolute atomic E-state index is 0.355. The van der Waals surface area contributed by atoms with Crippen molar-refractivity contribution in [1.82, 2.24) is 14.9 Å². The average molecular weight is 678 g/mol. The van der Waals surface area contributed by atoms with Gasteiger partial charge in [-0.3, -0.25) is 9.88 Å². The monoisotopic (exact) mass is 677 g/mol. The van der Waals surface area contributed by atoms with Crippen molar-refractivity contribution in [3.63, 3.8) is 0 Å². The summed E-state index contributed by atoms with van der Waals surface area (Å²) in [5.41, 5.74) is 8.25. The largest absolute Gasteiger partial charge is 0.478 e. The molecular formula is C43H55N3O4. The second kappa shape index (κ2) is 23.6. The summed E-state index contributed by atoms with van der Waals surface area (Å²) >= 11 is 0. The third-order valence-corrected chi connectivity index (χ3v) is 8.22. The lowest BCUT2D eigenvalue weighted by atomic mass is 10.0. The highest BCUT2D eigenvalue weighted by Crippen LogP contribution is 2.24. The smallest absolute Gasteiger partial charge is 0.335 e. The first kappa shape index (κ1) is 41.4. The highest BCUT2D eigenvalue weighted by molar-refractivity contribution is 5.87. The molecule has 4 aromatic rings. The van der Waals surface area contributed by atoms with E-state index in [0.717, 1.165) is 59.6 Å². The molecular weight excluding hydrogens is 622 g/mol. The zero-order valence-corrected chi connectivity index (χ0v) is 30.8. The Kier molecular flexibility index (Phi) is 19.5. The van der Waals surface area contributed by atoms with Gasteiger partial charge in [0.25, 0.3) is 0 Å². The van der Waals surface area contributed by atoms with Gasteiger partial charge in [0.05, 0.1) is 17.4 Å². The lowest BCUT2D eigenvalue weighted by molar-refractivity contribution is -0.0516. The molecule has 2 aromatic carbocycles. The molecule has 1 saturated heterocycles. The van der Waals surface area contributed by atoms with Gasteiger partial charge in [-0.15, -0.1) is 12.8 Å². The molecule has 266 valence electrons. The minimum Gasteiger partial charge on any atom is -0.478 e. The molecule has 4 heterocycles. The molecule has 1 atom stereocenters. The number of hydrogen-bond donors (Lipinski definition) is 1. The molecule has 1 N–H and O–H groups in total. The zero-order chi connectivity index (χ0) is 36.7. The second-order valence-electron chi connectivity index (χ2n) is 11.7. The van der Waals surface area contributed by atoms with Crippen LogP contribution in [-0.2, 0) is 11.3 Å². The van der Waals surface area contributed by atoms with Gasteiger partial charge >= 0.3 is 5.97 Å². The standard InChI is InChI=1S/C25H27N3O.C9H10O2.C5H10O.C2H6.C2H2/c1-2-15-28-16-12-22(13-17-28)24-6-3-7-25(27-24)29-19-20-8-10-21(11-9-20)23-5-4-14-26-18-23;1-6-3-4-8(9(10)11)5-7(6)2;1-2-5-3-4-6-5;2*1-2/h3-12,14,18H,2,13,15-17,19H2,1H3;3-5H,1-2H3,(H,10,11);5H,2-4H2,1H3;1-2H3;1-2H. The molecule has 6 rings (SSSR count). The minimum atomic E-state index is -0.867. The first-order valence-corrected chi connectivity index (χ1v) is 17.6. The number of pyridine rings is 2. The van der Waals surface area contributed by atoms with Crippen LogP contribution in [0.4, 0.5) is 0 Å². The van der Waals surface area contributed by atoms with Crippen LogP contribution in [-0.4, -0.2) is 58.3 Å². The number of aryl methyl sites for hydroxylation is 2. The van der Waals surface area contributed by atoms with Crippen LogP contribution in [0.5, 0.6) is 5.88 Å². The maximum atomic E-state index is 10.5. The third-order valence-electron chi connectivity index (χ3n) is 8.22. The zero-order valence-electron chi connectivity index (χ0n) is 30.8. The predicted octanol–water partition coefficient (Wildman–Crippen LogP) is 9.68. The van der Waals surface area contributed by atoms with Crippen molar-refractivity contribution in [2.75, 3.05) is 26.2 Å². The first-order chi connectivity index (χ1) is 24.4. The molecule has 7 heteroatoms. The summed E-state index contributed by atoms with van der Waals surface area (Å²) in [4.78, 5) is 21.9. The summed E-state index contributed by atoms with van der Waals surface area (Å²) in [6.45, 7) is 17.0. The number of aromatic carboxylic acids is 1. The third kappa shape index (κ3) is 14.0. The number of hydrogen-bond acceptors (Lipinski definition) is 6. The van der Waals surface area contributed by atoms with E-state index >= 15 is 0 Å². The van der Waals surface area contributed by atoms with Crippen molar-refractivity contribution in [2.45, 2.75) is 79.9 Å². The maximum Gasteiger partial charge on any atom is 0.335 e. The van der Waals surface area contributed by atoms with E-state index in [2.05, 4.69) is 79.1 Å². The topological polar surface area (TPSA) is 84.8 Å². The molecule has 7 nitrogen and oxygen atoms in total. The van der Waals surface area contributed by atoms with Crippen molar-refractivity contribution in [3.8, 4) is 29.9 Å². The SMILES string of the molecule is C#C.CC.CCC1CCO1.CCCN1CC=C(c2cccc(OCc3ccc(-c4cccnc4)cc3)n2)CC1.Cc1ccc(C(=O)O)cc1C. The number of carboxylic acid groups (broad SMARTS) is 1. The normalized spacial score (nSPS) is 14.6. The van der Waals surface area contributed by atoms with Crippen LogP contribution in [0.1, 0.15) is 86.1 Å². The lowest BCUT2D eigenvalue weighted by Gasteiger charge is -2.25. The quantitative estimate of drug-likeness (QED) is 0.177. The average Bonchev–Trinajstić information content (AvgIpc) is 3.15. The van der Waals surface area contributed by atoms with Crippen molar-refractivity contribution in [1.29, 1.82) is 0 Å². The summed E-state index contributed by atoms with van der Waals surface area (Å²) in [7, 11) is 0. The van der Waals surface area contributed by atoms with E-state index in [1.54, 1.807) is 18.3 Å². The van der Waals surface area contributed by atoms with Crippen LogP contribution in [0.3, 0.4) is 0 Å². The molecule has 0 bridgehead atoms. The van der Waals surface area contributed by atoms with Crippen molar-refractivity contribution < 1.29 is 19.4 Å². The number of carbonyl (C=O) groups is 1. The molecule has 2 aliphatic rings. The summed E-state index contributed by atoms with van der Waals surface area (Å²) in [6, 6.07) is 23.6. The number of benzene rings is 2. The molecule has 0 spiro atoms. The fourth-order valence-corrected chi connectivity index (χ4v) is 5.10. The van der Waals surface area contributed by atoms with E-state index in [-0.39, 0.29) is 0 Å². The van der Waals surface area contributed by atoms with Gasteiger partial charge in [0.2, 0.25) is 5.88 Å². The highest BCUT2D eigenvalue weighted by atomic mass is 16.5. The van der Waals surface area contributed by atoms with Gasteiger partial charge < -0.3 is 14.6 Å². The number of rotatable bonds is 9. The Hall–Kier alpha value is -4.77. The predicted molar refractivity (Wildman–Crippen MR) is 206 cm³/mol. The van der Waals surface area contributed by atoms with Gasteiger partial charge in [-0.05, 0) is 104 Å². The van der Waals surface area contributed by atoms with E-state index in [0.29, 0.717) is 24.2 Å². The van der Waals surface area contributed by atoms with Crippen LogP contribution in [0.25, 0.3) is 16.7 Å². The van der Waals surface area contributed by atoms with Crippen LogP contribution in [0, 0.1) is 26.7 Å². The molecule has 1 unspecified atom stereocenters. The van der Waals surface area contributed by atoms with Crippen LogP contribution >= 0.6 is 0 Å². The summed E-state index contributed by atoms with van der Waals surface area (Å²) in [5.74, 6) is -0.191.